The molecule has 0 spiro atoms. The van der Waals surface area contributed by atoms with E-state index >= 15 is 0 Å². The van der Waals surface area contributed by atoms with Crippen molar-refractivity contribution in [1.29, 1.82) is 0 Å². The Morgan fingerprint density at radius 3 is 1.91 bits per heavy atom. The standard InChI is InChI=1S/C12H13F6N3O/c1-2-9(22)19-10(11(13,14)15,12(16,17)18)21-20-8-6-4-3-5-7-8/h3-7,20-21H,2H2,1H3,(H,19,22). The summed E-state index contributed by atoms with van der Waals surface area (Å²) in [6.07, 6.45) is -12.2. The predicted octanol–water partition coefficient (Wildman–Crippen LogP) is 2.95. The van der Waals surface area contributed by atoms with Crippen molar-refractivity contribution >= 4 is 11.6 Å². The molecule has 1 amide bonds. The van der Waals surface area contributed by atoms with E-state index in [4.69, 9.17) is 0 Å². The topological polar surface area (TPSA) is 53.2 Å². The Balaban J connectivity index is 3.16. The van der Waals surface area contributed by atoms with Gasteiger partial charge in [-0.2, -0.15) is 31.8 Å². The molecule has 22 heavy (non-hydrogen) atoms. The first-order valence-corrected chi connectivity index (χ1v) is 6.06. The van der Waals surface area contributed by atoms with Crippen LogP contribution in [0.15, 0.2) is 30.3 Å². The van der Waals surface area contributed by atoms with Gasteiger partial charge in [-0.15, -0.1) is 0 Å². The number of hydrazine groups is 1. The Hall–Kier alpha value is -1.97. The zero-order chi connectivity index (χ0) is 17.0. The van der Waals surface area contributed by atoms with Gasteiger partial charge in [-0.3, -0.25) is 4.79 Å². The summed E-state index contributed by atoms with van der Waals surface area (Å²) in [6.45, 7) is 1.14. The van der Waals surface area contributed by atoms with E-state index < -0.39 is 30.3 Å². The molecule has 0 bridgehead atoms. The Kier molecular flexibility index (Phi) is 5.28. The lowest BCUT2D eigenvalue weighted by Crippen LogP contribution is -2.76. The number of carbonyl (C=O) groups excluding carboxylic acids is 1. The molecule has 0 heterocycles. The zero-order valence-electron chi connectivity index (χ0n) is 11.3. The first-order valence-electron chi connectivity index (χ1n) is 6.06. The maximum absolute atomic E-state index is 13.0. The highest BCUT2D eigenvalue weighted by Crippen LogP contribution is 2.41. The SMILES string of the molecule is CCC(=O)NC(NNc1ccccc1)(C(F)(F)F)C(F)(F)F. The van der Waals surface area contributed by atoms with Gasteiger partial charge in [0.05, 0.1) is 0 Å². The third kappa shape index (κ3) is 3.81. The molecule has 0 aliphatic rings. The van der Waals surface area contributed by atoms with Gasteiger partial charge in [-0.1, -0.05) is 25.1 Å². The fourth-order valence-electron chi connectivity index (χ4n) is 1.46. The second-order valence-corrected chi connectivity index (χ2v) is 4.26. The fourth-order valence-corrected chi connectivity index (χ4v) is 1.46. The number of rotatable bonds is 5. The molecule has 0 saturated heterocycles. The summed E-state index contributed by atoms with van der Waals surface area (Å²) in [7, 11) is 0. The molecule has 0 aromatic heterocycles. The molecule has 0 aliphatic heterocycles. The first kappa shape index (κ1) is 18.1. The van der Waals surface area contributed by atoms with Crippen LogP contribution in [-0.2, 0) is 4.79 Å². The monoisotopic (exact) mass is 329 g/mol. The molecule has 4 nitrogen and oxygen atoms in total. The smallest absolute Gasteiger partial charge is 0.321 e. The average Bonchev–Trinajstić information content (AvgIpc) is 2.41. The van der Waals surface area contributed by atoms with E-state index in [1.165, 1.54) is 30.3 Å². The second kappa shape index (κ2) is 6.42. The quantitative estimate of drug-likeness (QED) is 0.442. The minimum Gasteiger partial charge on any atom is -0.321 e. The molecule has 1 aromatic rings. The van der Waals surface area contributed by atoms with Gasteiger partial charge in [0.1, 0.15) is 0 Å². The van der Waals surface area contributed by atoms with Gasteiger partial charge >= 0.3 is 18.0 Å². The Morgan fingerprint density at radius 2 is 1.50 bits per heavy atom. The molecule has 3 N–H and O–H groups in total. The van der Waals surface area contributed by atoms with Crippen LogP contribution in [0.5, 0.6) is 0 Å². The molecule has 10 heteroatoms. The Morgan fingerprint density at radius 1 is 1.00 bits per heavy atom. The number of alkyl halides is 6. The van der Waals surface area contributed by atoms with Crippen molar-refractivity contribution in [3.63, 3.8) is 0 Å². The van der Waals surface area contributed by atoms with Gasteiger partial charge in [0.15, 0.2) is 0 Å². The Bertz CT molecular complexity index is 486. The lowest BCUT2D eigenvalue weighted by atomic mass is 10.1. The highest BCUT2D eigenvalue weighted by atomic mass is 19.4. The zero-order valence-corrected chi connectivity index (χ0v) is 11.3. The van der Waals surface area contributed by atoms with E-state index in [2.05, 4.69) is 0 Å². The number of anilines is 1. The normalized spacial score (nSPS) is 12.9. The van der Waals surface area contributed by atoms with E-state index in [0.717, 1.165) is 17.7 Å². The van der Waals surface area contributed by atoms with Gasteiger partial charge in [0, 0.05) is 12.1 Å². The van der Waals surface area contributed by atoms with Gasteiger partial charge < -0.3 is 10.7 Å². The third-order valence-electron chi connectivity index (χ3n) is 2.67. The van der Waals surface area contributed by atoms with E-state index in [0.29, 0.717) is 0 Å². The number of para-hydroxylation sites is 1. The van der Waals surface area contributed by atoms with Gasteiger partial charge in [-0.25, -0.2) is 0 Å². The number of nitrogens with one attached hydrogen (secondary N) is 3. The summed E-state index contributed by atoms with van der Waals surface area (Å²) in [5.74, 6) is -1.41. The number of hydrogen-bond acceptors (Lipinski definition) is 3. The van der Waals surface area contributed by atoms with E-state index in [1.807, 2.05) is 5.43 Å². The molecular formula is C12H13F6N3O. The summed E-state index contributed by atoms with van der Waals surface area (Å²) in [5, 5.41) is 0.968. The first-order chi connectivity index (χ1) is 10.0. The fraction of sp³-hybridized carbons (Fsp3) is 0.417. The van der Waals surface area contributed by atoms with Crippen LogP contribution in [-0.4, -0.2) is 23.9 Å². The van der Waals surface area contributed by atoms with Crippen LogP contribution in [0.25, 0.3) is 0 Å². The molecule has 0 aliphatic carbocycles. The molecule has 0 unspecified atom stereocenters. The van der Waals surface area contributed by atoms with Crippen LogP contribution in [0.2, 0.25) is 0 Å². The van der Waals surface area contributed by atoms with Gasteiger partial charge in [-0.05, 0) is 12.1 Å². The molecule has 1 rings (SSSR count). The second-order valence-electron chi connectivity index (χ2n) is 4.26. The molecular weight excluding hydrogens is 316 g/mol. The van der Waals surface area contributed by atoms with Crippen molar-refractivity contribution in [1.82, 2.24) is 10.7 Å². The van der Waals surface area contributed by atoms with Crippen LogP contribution in [0.3, 0.4) is 0 Å². The van der Waals surface area contributed by atoms with Crippen LogP contribution >= 0.6 is 0 Å². The van der Waals surface area contributed by atoms with Crippen molar-refractivity contribution in [2.24, 2.45) is 0 Å². The number of hydrogen-bond donors (Lipinski definition) is 3. The van der Waals surface area contributed by atoms with Crippen molar-refractivity contribution in [2.45, 2.75) is 31.4 Å². The maximum atomic E-state index is 13.0. The van der Waals surface area contributed by atoms with Crippen LogP contribution in [0.1, 0.15) is 13.3 Å². The molecule has 0 atom stereocenters. The van der Waals surface area contributed by atoms with E-state index in [-0.39, 0.29) is 5.69 Å². The third-order valence-corrected chi connectivity index (χ3v) is 2.67. The molecule has 0 fully saturated rings. The number of amides is 1. The number of halogens is 6. The van der Waals surface area contributed by atoms with Crippen LogP contribution in [0, 0.1) is 0 Å². The van der Waals surface area contributed by atoms with Crippen LogP contribution < -0.4 is 16.2 Å². The predicted molar refractivity (Wildman–Crippen MR) is 66.5 cm³/mol. The highest BCUT2D eigenvalue weighted by molar-refractivity contribution is 5.76. The van der Waals surface area contributed by atoms with Crippen molar-refractivity contribution in [3.8, 4) is 0 Å². The molecule has 1 aromatic carbocycles. The number of benzene rings is 1. The van der Waals surface area contributed by atoms with E-state index in [9.17, 15) is 31.1 Å². The molecule has 124 valence electrons. The van der Waals surface area contributed by atoms with Crippen molar-refractivity contribution < 1.29 is 31.1 Å². The molecule has 0 saturated carbocycles. The van der Waals surface area contributed by atoms with Crippen molar-refractivity contribution in [3.05, 3.63) is 30.3 Å². The van der Waals surface area contributed by atoms with E-state index in [1.54, 1.807) is 0 Å². The summed E-state index contributed by atoms with van der Waals surface area (Å²) < 4.78 is 78.2. The van der Waals surface area contributed by atoms with Gasteiger partial charge in [0.25, 0.3) is 0 Å². The summed E-state index contributed by atoms with van der Waals surface area (Å²) in [6, 6.07) is 6.87. The largest absolute Gasteiger partial charge is 0.436 e. The van der Waals surface area contributed by atoms with Crippen LogP contribution in [0.4, 0.5) is 32.0 Å². The maximum Gasteiger partial charge on any atom is 0.436 e. The lowest BCUT2D eigenvalue weighted by molar-refractivity contribution is -0.314. The summed E-state index contributed by atoms with van der Waals surface area (Å²) in [5.41, 5.74) is -1.66. The summed E-state index contributed by atoms with van der Waals surface area (Å²) >= 11 is 0. The van der Waals surface area contributed by atoms with Crippen molar-refractivity contribution in [2.75, 3.05) is 5.43 Å². The average molecular weight is 329 g/mol. The highest BCUT2D eigenvalue weighted by Gasteiger charge is 2.72. The summed E-state index contributed by atoms with van der Waals surface area (Å²) in [4.78, 5) is 11.2. The Labute approximate surface area is 121 Å². The minimum atomic E-state index is -5.82. The molecule has 0 radical (unpaired) electrons. The number of carbonyl (C=O) groups is 1. The minimum absolute atomic E-state index is 0.0360. The van der Waals surface area contributed by atoms with Gasteiger partial charge in [0.2, 0.25) is 5.91 Å². The lowest BCUT2D eigenvalue weighted by Gasteiger charge is -2.38.